The van der Waals surface area contributed by atoms with Crippen LogP contribution in [0.15, 0.2) is 4.52 Å². The third-order valence-electron chi connectivity index (χ3n) is 3.48. The van der Waals surface area contributed by atoms with Gasteiger partial charge in [0.05, 0.1) is 11.8 Å². The summed E-state index contributed by atoms with van der Waals surface area (Å²) in [5.41, 5.74) is 1.60. The maximum absolute atomic E-state index is 11.7. The molecule has 3 N–H and O–H groups in total. The van der Waals surface area contributed by atoms with Gasteiger partial charge in [-0.3, -0.25) is 0 Å². The number of carboxylic acid groups (broad SMARTS) is 1. The Hall–Kier alpha value is -2.09. The van der Waals surface area contributed by atoms with Gasteiger partial charge >= 0.3 is 12.0 Å². The molecule has 0 bridgehead atoms. The number of hydrogen-bond acceptors (Lipinski definition) is 5. The predicted molar refractivity (Wildman–Crippen MR) is 71.7 cm³/mol. The molecule has 0 aromatic carbocycles. The summed E-state index contributed by atoms with van der Waals surface area (Å²) < 4.78 is 10.3. The highest BCUT2D eigenvalue weighted by atomic mass is 16.5. The minimum atomic E-state index is -0.958. The van der Waals surface area contributed by atoms with Gasteiger partial charge in [-0.1, -0.05) is 5.16 Å². The Balaban J connectivity index is 1.70. The van der Waals surface area contributed by atoms with E-state index in [0.29, 0.717) is 25.1 Å². The lowest BCUT2D eigenvalue weighted by Crippen LogP contribution is -2.39. The van der Waals surface area contributed by atoms with Crippen molar-refractivity contribution in [2.24, 2.45) is 0 Å². The van der Waals surface area contributed by atoms with E-state index in [4.69, 9.17) is 14.4 Å². The molecule has 1 saturated heterocycles. The molecule has 1 fully saturated rings. The summed E-state index contributed by atoms with van der Waals surface area (Å²) in [5, 5.41) is 18.0. The fraction of sp³-hybridized carbons (Fsp3) is 0.615. The van der Waals surface area contributed by atoms with Crippen LogP contribution < -0.4 is 10.6 Å². The topological polar surface area (TPSA) is 114 Å². The number of urea groups is 1. The van der Waals surface area contributed by atoms with Gasteiger partial charge in [0.25, 0.3) is 0 Å². The maximum atomic E-state index is 11.7. The molecule has 116 valence electrons. The number of amides is 2. The van der Waals surface area contributed by atoms with Crippen molar-refractivity contribution in [2.45, 2.75) is 45.4 Å². The van der Waals surface area contributed by atoms with Crippen molar-refractivity contribution in [3.05, 3.63) is 17.0 Å². The number of aryl methyl sites for hydroxylation is 2. The Morgan fingerprint density at radius 2 is 2.10 bits per heavy atom. The van der Waals surface area contributed by atoms with Gasteiger partial charge in [-0.2, -0.15) is 0 Å². The highest BCUT2D eigenvalue weighted by Gasteiger charge is 2.30. The molecule has 1 aliphatic rings. The zero-order chi connectivity index (χ0) is 15.4. The summed E-state index contributed by atoms with van der Waals surface area (Å²) in [7, 11) is 0. The van der Waals surface area contributed by atoms with Crippen molar-refractivity contribution in [1.82, 2.24) is 15.8 Å². The Kier molecular flexibility index (Phi) is 4.79. The Morgan fingerprint density at radius 1 is 1.33 bits per heavy atom. The lowest BCUT2D eigenvalue weighted by molar-refractivity contribution is -0.149. The van der Waals surface area contributed by atoms with Crippen molar-refractivity contribution >= 4 is 12.0 Å². The summed E-state index contributed by atoms with van der Waals surface area (Å²) in [6.07, 6.45) is 0.0850. The van der Waals surface area contributed by atoms with E-state index < -0.39 is 12.1 Å². The number of nitrogens with one attached hydrogen (secondary N) is 2. The highest BCUT2D eigenvalue weighted by Crippen LogP contribution is 2.19. The van der Waals surface area contributed by atoms with Crippen LogP contribution in [0.4, 0.5) is 4.79 Å². The molecule has 8 nitrogen and oxygen atoms in total. The van der Waals surface area contributed by atoms with E-state index in [-0.39, 0.29) is 18.7 Å². The minimum absolute atomic E-state index is 0.254. The third-order valence-corrected chi connectivity index (χ3v) is 3.48. The van der Waals surface area contributed by atoms with Crippen LogP contribution in [0.2, 0.25) is 0 Å². The van der Waals surface area contributed by atoms with Gasteiger partial charge in [-0.05, 0) is 26.7 Å². The minimum Gasteiger partial charge on any atom is -0.479 e. The first kappa shape index (κ1) is 15.3. The first-order chi connectivity index (χ1) is 9.97. The Labute approximate surface area is 121 Å². The number of rotatable bonds is 5. The van der Waals surface area contributed by atoms with Crippen molar-refractivity contribution in [3.8, 4) is 0 Å². The molecule has 1 aromatic rings. The molecule has 2 unspecified atom stereocenters. The normalized spacial score (nSPS) is 21.2. The van der Waals surface area contributed by atoms with Crippen LogP contribution in [0.5, 0.6) is 0 Å². The molecule has 2 heterocycles. The van der Waals surface area contributed by atoms with Crippen LogP contribution >= 0.6 is 0 Å². The number of ether oxygens (including phenoxy) is 1. The lowest BCUT2D eigenvalue weighted by Gasteiger charge is -2.13. The number of nitrogens with zero attached hydrogens (tertiary/aromatic N) is 1. The fourth-order valence-corrected chi connectivity index (χ4v) is 2.23. The molecule has 2 amide bonds. The monoisotopic (exact) mass is 297 g/mol. The van der Waals surface area contributed by atoms with Crippen LogP contribution in [0.1, 0.15) is 29.9 Å². The molecule has 0 radical (unpaired) electrons. The second-order valence-corrected chi connectivity index (χ2v) is 5.03. The molecule has 1 aromatic heterocycles. The Bertz CT molecular complexity index is 508. The molecule has 0 saturated carbocycles. The SMILES string of the molecule is Cc1noc(C)c1CNC(=O)NCC1CCC(C(=O)O)O1. The van der Waals surface area contributed by atoms with E-state index in [0.717, 1.165) is 11.3 Å². The first-order valence-electron chi connectivity index (χ1n) is 6.79. The summed E-state index contributed by atoms with van der Waals surface area (Å²) in [5.74, 6) is -0.281. The quantitative estimate of drug-likeness (QED) is 0.738. The van der Waals surface area contributed by atoms with Gasteiger partial charge in [0.15, 0.2) is 6.10 Å². The molecule has 21 heavy (non-hydrogen) atoms. The van der Waals surface area contributed by atoms with Crippen molar-refractivity contribution in [1.29, 1.82) is 0 Å². The molecular weight excluding hydrogens is 278 g/mol. The standard InChI is InChI=1S/C13H19N3O5/c1-7-10(8(2)21-16-7)6-15-13(19)14-5-9-3-4-11(20-9)12(17)18/h9,11H,3-6H2,1-2H3,(H,17,18)(H2,14,15,19). The first-order valence-corrected chi connectivity index (χ1v) is 6.79. The molecule has 8 heteroatoms. The van der Waals surface area contributed by atoms with E-state index >= 15 is 0 Å². The van der Waals surface area contributed by atoms with Crippen LogP contribution in [0.25, 0.3) is 0 Å². The predicted octanol–water partition coefficient (Wildman–Crippen LogP) is 0.723. The van der Waals surface area contributed by atoms with Gasteiger partial charge < -0.3 is 25.0 Å². The van der Waals surface area contributed by atoms with Crippen molar-refractivity contribution in [2.75, 3.05) is 6.54 Å². The average molecular weight is 297 g/mol. The summed E-state index contributed by atoms with van der Waals surface area (Å²) >= 11 is 0. The largest absolute Gasteiger partial charge is 0.479 e. The lowest BCUT2D eigenvalue weighted by atomic mass is 10.2. The van der Waals surface area contributed by atoms with Gasteiger partial charge in [-0.25, -0.2) is 9.59 Å². The number of aliphatic carboxylic acids is 1. The summed E-state index contributed by atoms with van der Waals surface area (Å²) in [6.45, 7) is 4.21. The molecule has 2 atom stereocenters. The fourth-order valence-electron chi connectivity index (χ4n) is 2.23. The van der Waals surface area contributed by atoms with Crippen molar-refractivity contribution < 1.29 is 24.0 Å². The summed E-state index contributed by atoms with van der Waals surface area (Å²) in [6, 6.07) is -0.336. The number of aromatic nitrogens is 1. The van der Waals surface area contributed by atoms with Crippen molar-refractivity contribution in [3.63, 3.8) is 0 Å². The molecule has 0 aliphatic carbocycles. The van der Waals surface area contributed by atoms with E-state index in [1.165, 1.54) is 0 Å². The van der Waals surface area contributed by atoms with E-state index in [9.17, 15) is 9.59 Å². The van der Waals surface area contributed by atoms with Gasteiger partial charge in [0.2, 0.25) is 0 Å². The Morgan fingerprint density at radius 3 is 2.67 bits per heavy atom. The van der Waals surface area contributed by atoms with Gasteiger partial charge in [0, 0.05) is 18.7 Å². The van der Waals surface area contributed by atoms with Crippen LogP contribution in [0.3, 0.4) is 0 Å². The molecule has 1 aliphatic heterocycles. The maximum Gasteiger partial charge on any atom is 0.332 e. The average Bonchev–Trinajstić information content (AvgIpc) is 3.03. The number of carboxylic acids is 1. The molecule has 2 rings (SSSR count). The van der Waals surface area contributed by atoms with E-state index in [2.05, 4.69) is 15.8 Å². The van der Waals surface area contributed by atoms with E-state index in [1.807, 2.05) is 6.92 Å². The van der Waals surface area contributed by atoms with Crippen LogP contribution in [0, 0.1) is 13.8 Å². The molecular formula is C13H19N3O5. The second kappa shape index (κ2) is 6.57. The smallest absolute Gasteiger partial charge is 0.332 e. The highest BCUT2D eigenvalue weighted by molar-refractivity contribution is 5.74. The zero-order valence-electron chi connectivity index (χ0n) is 12.0. The summed E-state index contributed by atoms with van der Waals surface area (Å²) in [4.78, 5) is 22.4. The molecule has 0 spiro atoms. The van der Waals surface area contributed by atoms with Gasteiger partial charge in [-0.15, -0.1) is 0 Å². The number of carbonyl (C=O) groups excluding carboxylic acids is 1. The third kappa shape index (κ3) is 3.94. The van der Waals surface area contributed by atoms with Crippen LogP contribution in [-0.4, -0.2) is 41.0 Å². The van der Waals surface area contributed by atoms with Crippen LogP contribution in [-0.2, 0) is 16.1 Å². The van der Waals surface area contributed by atoms with E-state index in [1.54, 1.807) is 6.92 Å². The zero-order valence-corrected chi connectivity index (χ0v) is 12.0. The number of carbonyl (C=O) groups is 2. The van der Waals surface area contributed by atoms with Gasteiger partial charge in [0.1, 0.15) is 5.76 Å². The number of hydrogen-bond donors (Lipinski definition) is 3. The second-order valence-electron chi connectivity index (χ2n) is 5.03.